The minimum absolute atomic E-state index is 0.0232. The number of hydrogen-bond donors (Lipinski definition) is 0. The van der Waals surface area contributed by atoms with Crippen molar-refractivity contribution < 1.29 is 4.79 Å². The molecule has 1 aromatic rings. The van der Waals surface area contributed by atoms with Gasteiger partial charge in [0.1, 0.15) is 0 Å². The van der Waals surface area contributed by atoms with Gasteiger partial charge in [-0.25, -0.2) is 0 Å². The third-order valence-corrected chi connectivity index (χ3v) is 2.43. The predicted molar refractivity (Wildman–Crippen MR) is 60.7 cm³/mol. The molecule has 0 heterocycles. The highest BCUT2D eigenvalue weighted by Gasteiger charge is 2.07. The molecule has 0 saturated carbocycles. The molecule has 14 heavy (non-hydrogen) atoms. The highest BCUT2D eigenvalue weighted by Crippen LogP contribution is 2.20. The Balaban J connectivity index is 2.79. The Bertz CT molecular complexity index is 316. The zero-order chi connectivity index (χ0) is 10.6. The molecular weight excluding hydrogens is 242 g/mol. The van der Waals surface area contributed by atoms with Gasteiger partial charge in [0.25, 0.3) is 0 Å². The Morgan fingerprint density at radius 1 is 1.14 bits per heavy atom. The monoisotopic (exact) mass is 250 g/mol. The third kappa shape index (κ3) is 3.49. The van der Waals surface area contributed by atoms with E-state index in [1.54, 1.807) is 18.2 Å². The first-order valence-electron chi connectivity index (χ1n) is 4.18. The average Bonchev–Trinajstić information content (AvgIpc) is 2.12. The number of Topliss-reactive ketones (excluding diaryl/α,β-unsaturated/α-hetero) is 1. The van der Waals surface area contributed by atoms with E-state index >= 15 is 0 Å². The molecule has 0 aliphatic heterocycles. The van der Waals surface area contributed by atoms with Gasteiger partial charge in [-0.3, -0.25) is 4.79 Å². The van der Waals surface area contributed by atoms with E-state index in [4.69, 9.17) is 34.8 Å². The Morgan fingerprint density at radius 2 is 1.71 bits per heavy atom. The van der Waals surface area contributed by atoms with Crippen molar-refractivity contribution in [1.29, 1.82) is 0 Å². The van der Waals surface area contributed by atoms with E-state index in [2.05, 4.69) is 0 Å². The fourth-order valence-corrected chi connectivity index (χ4v) is 1.75. The van der Waals surface area contributed by atoms with Crippen molar-refractivity contribution in [2.45, 2.75) is 12.8 Å². The van der Waals surface area contributed by atoms with Crippen molar-refractivity contribution in [3.8, 4) is 0 Å². The lowest BCUT2D eigenvalue weighted by molar-refractivity contribution is 0.0982. The van der Waals surface area contributed by atoms with E-state index in [9.17, 15) is 4.79 Å². The van der Waals surface area contributed by atoms with Crippen LogP contribution in [0.5, 0.6) is 0 Å². The van der Waals surface area contributed by atoms with Crippen LogP contribution in [0.25, 0.3) is 0 Å². The molecule has 0 aliphatic carbocycles. The highest BCUT2D eigenvalue weighted by molar-refractivity contribution is 6.35. The summed E-state index contributed by atoms with van der Waals surface area (Å²) in [5, 5.41) is 0.957. The van der Waals surface area contributed by atoms with Crippen LogP contribution in [0.2, 0.25) is 10.0 Å². The molecule has 0 saturated heterocycles. The molecule has 0 amide bonds. The lowest BCUT2D eigenvalue weighted by Gasteiger charge is -2.01. The Hall–Kier alpha value is -0.240. The van der Waals surface area contributed by atoms with E-state index in [-0.39, 0.29) is 5.78 Å². The van der Waals surface area contributed by atoms with Crippen molar-refractivity contribution >= 4 is 40.6 Å². The Labute approximate surface area is 98.0 Å². The average molecular weight is 252 g/mol. The largest absolute Gasteiger partial charge is 0.294 e. The molecule has 76 valence electrons. The van der Waals surface area contributed by atoms with Crippen LogP contribution in [-0.2, 0) is 0 Å². The number of halogens is 3. The van der Waals surface area contributed by atoms with Crippen LogP contribution >= 0.6 is 34.8 Å². The molecule has 1 aromatic carbocycles. The van der Waals surface area contributed by atoms with Crippen LogP contribution in [0, 0.1) is 0 Å². The van der Waals surface area contributed by atoms with Gasteiger partial charge in [0.2, 0.25) is 0 Å². The number of hydrogen-bond acceptors (Lipinski definition) is 1. The SMILES string of the molecule is O=C(CCCCl)c1cc(Cl)cc(Cl)c1. The topological polar surface area (TPSA) is 17.1 Å². The number of benzene rings is 1. The summed E-state index contributed by atoms with van der Waals surface area (Å²) in [5.41, 5.74) is 0.549. The molecule has 0 aromatic heterocycles. The van der Waals surface area contributed by atoms with E-state index in [0.29, 0.717) is 34.3 Å². The maximum atomic E-state index is 11.5. The molecule has 0 radical (unpaired) electrons. The van der Waals surface area contributed by atoms with Crippen molar-refractivity contribution in [2.24, 2.45) is 0 Å². The fraction of sp³-hybridized carbons (Fsp3) is 0.300. The second kappa shape index (κ2) is 5.59. The Kier molecular flexibility index (Phi) is 4.73. The summed E-state index contributed by atoms with van der Waals surface area (Å²) in [6, 6.07) is 4.83. The summed E-state index contributed by atoms with van der Waals surface area (Å²) in [7, 11) is 0. The normalized spacial score (nSPS) is 10.2. The van der Waals surface area contributed by atoms with Gasteiger partial charge in [-0.15, -0.1) is 11.6 Å². The maximum absolute atomic E-state index is 11.5. The first-order chi connectivity index (χ1) is 6.63. The molecule has 0 N–H and O–H groups in total. The van der Waals surface area contributed by atoms with Crippen molar-refractivity contribution in [2.75, 3.05) is 5.88 Å². The Morgan fingerprint density at radius 3 is 2.21 bits per heavy atom. The third-order valence-electron chi connectivity index (χ3n) is 1.72. The lowest BCUT2D eigenvalue weighted by Crippen LogP contribution is -1.99. The molecule has 0 spiro atoms. The summed E-state index contributed by atoms with van der Waals surface area (Å²) in [4.78, 5) is 11.5. The molecule has 1 nitrogen and oxygen atoms in total. The summed E-state index contributed by atoms with van der Waals surface area (Å²) in [6.45, 7) is 0. The number of alkyl halides is 1. The zero-order valence-electron chi connectivity index (χ0n) is 7.40. The van der Waals surface area contributed by atoms with Gasteiger partial charge in [0, 0.05) is 27.9 Å². The van der Waals surface area contributed by atoms with Gasteiger partial charge in [-0.05, 0) is 24.6 Å². The first kappa shape index (κ1) is 11.8. The smallest absolute Gasteiger partial charge is 0.163 e. The molecule has 0 atom stereocenters. The number of carbonyl (C=O) groups is 1. The van der Waals surface area contributed by atoms with Crippen LogP contribution in [0.15, 0.2) is 18.2 Å². The lowest BCUT2D eigenvalue weighted by atomic mass is 10.1. The molecule has 4 heteroatoms. The van der Waals surface area contributed by atoms with Crippen LogP contribution in [0.3, 0.4) is 0 Å². The molecule has 0 fully saturated rings. The minimum Gasteiger partial charge on any atom is -0.294 e. The highest BCUT2D eigenvalue weighted by atomic mass is 35.5. The summed E-state index contributed by atoms with van der Waals surface area (Å²) < 4.78 is 0. The van der Waals surface area contributed by atoms with Gasteiger partial charge in [0.05, 0.1) is 0 Å². The van der Waals surface area contributed by atoms with E-state index in [0.717, 1.165) is 0 Å². The number of rotatable bonds is 4. The maximum Gasteiger partial charge on any atom is 0.163 e. The second-order valence-electron chi connectivity index (χ2n) is 2.87. The van der Waals surface area contributed by atoms with Gasteiger partial charge in [-0.2, -0.15) is 0 Å². The van der Waals surface area contributed by atoms with Crippen LogP contribution in [-0.4, -0.2) is 11.7 Å². The molecule has 0 unspecified atom stereocenters. The summed E-state index contributed by atoms with van der Waals surface area (Å²) >= 11 is 17.0. The summed E-state index contributed by atoms with van der Waals surface area (Å²) in [6.07, 6.45) is 1.10. The van der Waals surface area contributed by atoms with Gasteiger partial charge in [-0.1, -0.05) is 23.2 Å². The van der Waals surface area contributed by atoms with Gasteiger partial charge >= 0.3 is 0 Å². The number of ketones is 1. The van der Waals surface area contributed by atoms with Gasteiger partial charge in [0.15, 0.2) is 5.78 Å². The van der Waals surface area contributed by atoms with Gasteiger partial charge < -0.3 is 0 Å². The quantitative estimate of drug-likeness (QED) is 0.579. The first-order valence-corrected chi connectivity index (χ1v) is 5.48. The van der Waals surface area contributed by atoms with E-state index in [1.807, 2.05) is 0 Å². The fourth-order valence-electron chi connectivity index (χ4n) is 1.09. The molecule has 0 aliphatic rings. The van der Waals surface area contributed by atoms with Crippen molar-refractivity contribution in [3.63, 3.8) is 0 Å². The van der Waals surface area contributed by atoms with E-state index < -0.39 is 0 Å². The number of carbonyl (C=O) groups excluding carboxylic acids is 1. The molecule has 0 bridgehead atoms. The second-order valence-corrected chi connectivity index (χ2v) is 4.12. The van der Waals surface area contributed by atoms with Crippen molar-refractivity contribution in [3.05, 3.63) is 33.8 Å². The molecular formula is C10H9Cl3O. The summed E-state index contributed by atoms with van der Waals surface area (Å²) in [5.74, 6) is 0.509. The minimum atomic E-state index is 0.0232. The van der Waals surface area contributed by atoms with Crippen molar-refractivity contribution in [1.82, 2.24) is 0 Å². The predicted octanol–water partition coefficient (Wildman–Crippen LogP) is 4.20. The van der Waals surface area contributed by atoms with E-state index in [1.165, 1.54) is 0 Å². The van der Waals surface area contributed by atoms with Crippen LogP contribution in [0.1, 0.15) is 23.2 Å². The standard InChI is InChI=1S/C10H9Cl3O/c11-3-1-2-10(14)7-4-8(12)6-9(13)5-7/h4-6H,1-3H2. The van der Waals surface area contributed by atoms with Crippen LogP contribution in [0.4, 0.5) is 0 Å². The molecule has 1 rings (SSSR count). The van der Waals surface area contributed by atoms with Crippen LogP contribution < -0.4 is 0 Å². The zero-order valence-corrected chi connectivity index (χ0v) is 9.66.